The molecule has 0 N–H and O–H groups in total. The SMILES string of the molecule is COc1ccc(C(Cl)c2cccc(Br)c2Cl)cc1C. The molecule has 0 bridgehead atoms. The third kappa shape index (κ3) is 3.07. The van der Waals surface area contributed by atoms with Gasteiger partial charge in [0.2, 0.25) is 0 Å². The van der Waals surface area contributed by atoms with Gasteiger partial charge in [-0.05, 0) is 51.7 Å². The van der Waals surface area contributed by atoms with E-state index in [1.165, 1.54) is 0 Å². The van der Waals surface area contributed by atoms with Crippen molar-refractivity contribution in [3.8, 4) is 5.75 Å². The van der Waals surface area contributed by atoms with E-state index in [9.17, 15) is 0 Å². The lowest BCUT2D eigenvalue weighted by atomic mass is 10.0. The maximum Gasteiger partial charge on any atom is 0.121 e. The lowest BCUT2D eigenvalue weighted by Crippen LogP contribution is -1.96. The van der Waals surface area contributed by atoms with Crippen LogP contribution >= 0.6 is 39.1 Å². The van der Waals surface area contributed by atoms with Crippen LogP contribution in [-0.2, 0) is 0 Å². The quantitative estimate of drug-likeness (QED) is 0.634. The molecule has 0 amide bonds. The van der Waals surface area contributed by atoms with Gasteiger partial charge in [0.25, 0.3) is 0 Å². The Morgan fingerprint density at radius 3 is 2.58 bits per heavy atom. The predicted molar refractivity (Wildman–Crippen MR) is 84.6 cm³/mol. The Morgan fingerprint density at radius 2 is 1.95 bits per heavy atom. The molecule has 0 aliphatic carbocycles. The van der Waals surface area contributed by atoms with Crippen LogP contribution in [0.25, 0.3) is 0 Å². The van der Waals surface area contributed by atoms with Crippen LogP contribution in [0.2, 0.25) is 5.02 Å². The molecular formula is C15H13BrCl2O. The smallest absolute Gasteiger partial charge is 0.121 e. The molecule has 1 unspecified atom stereocenters. The summed E-state index contributed by atoms with van der Waals surface area (Å²) < 4.78 is 6.10. The largest absolute Gasteiger partial charge is 0.496 e. The molecule has 0 radical (unpaired) electrons. The Labute approximate surface area is 131 Å². The molecule has 2 aromatic carbocycles. The van der Waals surface area contributed by atoms with E-state index in [1.54, 1.807) is 7.11 Å². The Morgan fingerprint density at radius 1 is 1.21 bits per heavy atom. The fraction of sp³-hybridized carbons (Fsp3) is 0.200. The van der Waals surface area contributed by atoms with E-state index < -0.39 is 0 Å². The topological polar surface area (TPSA) is 9.23 Å². The van der Waals surface area contributed by atoms with Crippen molar-refractivity contribution in [1.82, 2.24) is 0 Å². The van der Waals surface area contributed by atoms with Crippen molar-refractivity contribution in [2.45, 2.75) is 12.3 Å². The molecule has 4 heteroatoms. The molecule has 0 fully saturated rings. The van der Waals surface area contributed by atoms with Gasteiger partial charge in [0.15, 0.2) is 0 Å². The fourth-order valence-electron chi connectivity index (χ4n) is 1.96. The summed E-state index contributed by atoms with van der Waals surface area (Å²) in [6.45, 7) is 1.99. The van der Waals surface area contributed by atoms with Gasteiger partial charge in [-0.1, -0.05) is 35.9 Å². The minimum Gasteiger partial charge on any atom is -0.496 e. The van der Waals surface area contributed by atoms with Gasteiger partial charge in [-0.2, -0.15) is 0 Å². The third-order valence-electron chi connectivity index (χ3n) is 2.97. The van der Waals surface area contributed by atoms with Crippen LogP contribution in [0.1, 0.15) is 22.1 Å². The summed E-state index contributed by atoms with van der Waals surface area (Å²) in [6.07, 6.45) is 0. The lowest BCUT2D eigenvalue weighted by Gasteiger charge is -2.15. The predicted octanol–water partition coefficient (Wildman–Crippen LogP) is 5.75. The van der Waals surface area contributed by atoms with Gasteiger partial charge < -0.3 is 4.74 Å². The van der Waals surface area contributed by atoms with Crippen molar-refractivity contribution < 1.29 is 4.74 Å². The average molecular weight is 360 g/mol. The number of methoxy groups -OCH3 is 1. The molecule has 0 aliphatic rings. The number of hydrogen-bond acceptors (Lipinski definition) is 1. The second-order valence-corrected chi connectivity index (χ2v) is 5.90. The number of halogens is 3. The van der Waals surface area contributed by atoms with Crippen molar-refractivity contribution in [1.29, 1.82) is 0 Å². The normalized spacial score (nSPS) is 12.3. The van der Waals surface area contributed by atoms with Crippen LogP contribution < -0.4 is 4.74 Å². The number of alkyl halides is 1. The van der Waals surface area contributed by atoms with Crippen LogP contribution in [-0.4, -0.2) is 7.11 Å². The maximum atomic E-state index is 6.53. The first-order valence-corrected chi connectivity index (χ1v) is 7.38. The number of aryl methyl sites for hydroxylation is 1. The second-order valence-electron chi connectivity index (χ2n) is 4.23. The molecule has 0 heterocycles. The minimum absolute atomic E-state index is 0.283. The summed E-state index contributed by atoms with van der Waals surface area (Å²) in [5.41, 5.74) is 2.94. The molecule has 1 nitrogen and oxygen atoms in total. The van der Waals surface area contributed by atoms with E-state index in [4.69, 9.17) is 27.9 Å². The molecule has 2 rings (SSSR count). The Bertz CT molecular complexity index is 599. The standard InChI is InChI=1S/C15H13BrCl2O/c1-9-8-10(6-7-13(9)19-2)14(17)11-4-3-5-12(16)15(11)18/h3-8,14H,1-2H3. The molecule has 0 aliphatic heterocycles. The Kier molecular flexibility index (Phi) is 4.77. The zero-order chi connectivity index (χ0) is 14.0. The van der Waals surface area contributed by atoms with E-state index >= 15 is 0 Å². The zero-order valence-electron chi connectivity index (χ0n) is 10.6. The highest BCUT2D eigenvalue weighted by molar-refractivity contribution is 9.10. The first-order chi connectivity index (χ1) is 9.04. The van der Waals surface area contributed by atoms with Crippen LogP contribution in [0.3, 0.4) is 0 Å². The van der Waals surface area contributed by atoms with Crippen molar-refractivity contribution >= 4 is 39.1 Å². The molecule has 0 spiro atoms. The number of ether oxygens (including phenoxy) is 1. The van der Waals surface area contributed by atoms with Gasteiger partial charge >= 0.3 is 0 Å². The van der Waals surface area contributed by atoms with Gasteiger partial charge in [-0.15, -0.1) is 11.6 Å². The van der Waals surface area contributed by atoms with E-state index in [2.05, 4.69) is 15.9 Å². The molecule has 100 valence electrons. The van der Waals surface area contributed by atoms with Gasteiger partial charge in [0, 0.05) is 4.47 Å². The van der Waals surface area contributed by atoms with Crippen LogP contribution in [0.4, 0.5) is 0 Å². The fourth-order valence-corrected chi connectivity index (χ4v) is 2.95. The molecule has 0 saturated carbocycles. The van der Waals surface area contributed by atoms with Gasteiger partial charge in [0.05, 0.1) is 17.5 Å². The minimum atomic E-state index is -0.283. The summed E-state index contributed by atoms with van der Waals surface area (Å²) in [4.78, 5) is 0. The van der Waals surface area contributed by atoms with Gasteiger partial charge in [-0.3, -0.25) is 0 Å². The van der Waals surface area contributed by atoms with Crippen LogP contribution in [0.15, 0.2) is 40.9 Å². The highest BCUT2D eigenvalue weighted by Crippen LogP contribution is 2.38. The maximum absolute atomic E-state index is 6.53. The third-order valence-corrected chi connectivity index (χ3v) is 4.76. The average Bonchev–Trinajstić information content (AvgIpc) is 2.41. The number of benzene rings is 2. The van der Waals surface area contributed by atoms with Crippen LogP contribution in [0, 0.1) is 6.92 Å². The lowest BCUT2D eigenvalue weighted by molar-refractivity contribution is 0.411. The summed E-state index contributed by atoms with van der Waals surface area (Å²) in [6, 6.07) is 11.7. The van der Waals surface area contributed by atoms with E-state index in [0.717, 1.165) is 26.9 Å². The van der Waals surface area contributed by atoms with Gasteiger partial charge in [0.1, 0.15) is 5.75 Å². The molecule has 0 aromatic heterocycles. The molecule has 19 heavy (non-hydrogen) atoms. The number of rotatable bonds is 3. The Hall–Kier alpha value is -0.700. The monoisotopic (exact) mass is 358 g/mol. The molecule has 1 atom stereocenters. The molecule has 2 aromatic rings. The first-order valence-electron chi connectivity index (χ1n) is 5.77. The van der Waals surface area contributed by atoms with E-state index in [-0.39, 0.29) is 5.38 Å². The highest BCUT2D eigenvalue weighted by Gasteiger charge is 2.16. The summed E-state index contributed by atoms with van der Waals surface area (Å²) in [5, 5.41) is 0.366. The first kappa shape index (κ1) is 14.7. The van der Waals surface area contributed by atoms with Crippen LogP contribution in [0.5, 0.6) is 5.75 Å². The second kappa shape index (κ2) is 6.17. The zero-order valence-corrected chi connectivity index (χ0v) is 13.7. The van der Waals surface area contributed by atoms with Gasteiger partial charge in [-0.25, -0.2) is 0 Å². The number of hydrogen-bond donors (Lipinski definition) is 0. The van der Waals surface area contributed by atoms with E-state index in [1.807, 2.05) is 43.3 Å². The Balaban J connectivity index is 2.41. The van der Waals surface area contributed by atoms with Crippen molar-refractivity contribution in [2.24, 2.45) is 0 Å². The highest BCUT2D eigenvalue weighted by atomic mass is 79.9. The van der Waals surface area contributed by atoms with E-state index in [0.29, 0.717) is 5.02 Å². The van der Waals surface area contributed by atoms with Crippen molar-refractivity contribution in [3.05, 3.63) is 62.6 Å². The summed E-state index contributed by atoms with van der Waals surface area (Å²) in [5.74, 6) is 0.855. The molecule has 0 saturated heterocycles. The summed E-state index contributed by atoms with van der Waals surface area (Å²) in [7, 11) is 1.66. The molecular weight excluding hydrogens is 347 g/mol. The van der Waals surface area contributed by atoms with Crippen molar-refractivity contribution in [2.75, 3.05) is 7.11 Å². The van der Waals surface area contributed by atoms with Crippen molar-refractivity contribution in [3.63, 3.8) is 0 Å². The summed E-state index contributed by atoms with van der Waals surface area (Å²) >= 11 is 16.2.